The first-order valence-electron chi connectivity index (χ1n) is 5.68. The summed E-state index contributed by atoms with van der Waals surface area (Å²) in [4.78, 5) is 0. The first-order valence-corrected chi connectivity index (χ1v) is 5.68. The lowest BCUT2D eigenvalue weighted by atomic mass is 9.90. The molecule has 0 amide bonds. The second kappa shape index (κ2) is 5.28. The lowest BCUT2D eigenvalue weighted by Crippen LogP contribution is -2.47. The lowest BCUT2D eigenvalue weighted by molar-refractivity contribution is -0.129. The van der Waals surface area contributed by atoms with Crippen LogP contribution in [0.1, 0.15) is 23.6 Å². The van der Waals surface area contributed by atoms with Crippen LogP contribution in [0, 0.1) is 13.8 Å². The van der Waals surface area contributed by atoms with Crippen molar-refractivity contribution >= 4 is 0 Å². The molecule has 1 rings (SSSR count). The number of nitrogens with one attached hydrogen (secondary N) is 1. The van der Waals surface area contributed by atoms with Crippen LogP contribution in [0.15, 0.2) is 18.2 Å². The van der Waals surface area contributed by atoms with Gasteiger partial charge >= 0.3 is 6.18 Å². The van der Waals surface area contributed by atoms with Crippen LogP contribution >= 0.6 is 0 Å². The summed E-state index contributed by atoms with van der Waals surface area (Å²) in [6.07, 6.45) is -4.30. The van der Waals surface area contributed by atoms with Gasteiger partial charge in [0.1, 0.15) is 0 Å². The van der Waals surface area contributed by atoms with Crippen molar-refractivity contribution in [3.05, 3.63) is 34.9 Å². The van der Waals surface area contributed by atoms with Gasteiger partial charge in [-0.25, -0.2) is 0 Å². The van der Waals surface area contributed by atoms with Crippen molar-refractivity contribution in [3.63, 3.8) is 0 Å². The number of rotatable bonds is 4. The van der Waals surface area contributed by atoms with Gasteiger partial charge < -0.3 is 5.11 Å². The van der Waals surface area contributed by atoms with Gasteiger partial charge in [0.05, 0.1) is 18.7 Å². The van der Waals surface area contributed by atoms with E-state index in [0.717, 1.165) is 11.1 Å². The molecule has 0 aromatic heterocycles. The summed E-state index contributed by atoms with van der Waals surface area (Å²) < 4.78 is 36.7. The Morgan fingerprint density at radius 3 is 2.22 bits per heavy atom. The number of hydrogen-bond donors (Lipinski definition) is 2. The minimum Gasteiger partial charge on any atom is -0.394 e. The zero-order valence-corrected chi connectivity index (χ0v) is 10.7. The maximum absolute atomic E-state index is 12.2. The van der Waals surface area contributed by atoms with Crippen LogP contribution in [0.4, 0.5) is 13.2 Å². The average Bonchev–Trinajstić information content (AvgIpc) is 2.28. The zero-order chi connectivity index (χ0) is 14.0. The van der Waals surface area contributed by atoms with Crippen molar-refractivity contribution in [2.45, 2.75) is 32.5 Å². The molecule has 0 aliphatic carbocycles. The molecule has 18 heavy (non-hydrogen) atoms. The van der Waals surface area contributed by atoms with Gasteiger partial charge in [0.25, 0.3) is 0 Å². The fourth-order valence-electron chi connectivity index (χ4n) is 1.63. The summed E-state index contributed by atoms with van der Waals surface area (Å²) in [5.74, 6) is 0. The van der Waals surface area contributed by atoms with Gasteiger partial charge in [-0.05, 0) is 37.5 Å². The summed E-state index contributed by atoms with van der Waals surface area (Å²) in [7, 11) is 0. The molecule has 1 unspecified atom stereocenters. The van der Waals surface area contributed by atoms with E-state index in [2.05, 4.69) is 5.32 Å². The van der Waals surface area contributed by atoms with Crippen molar-refractivity contribution < 1.29 is 18.3 Å². The molecule has 0 fully saturated rings. The monoisotopic (exact) mass is 261 g/mol. The average molecular weight is 261 g/mol. The highest BCUT2D eigenvalue weighted by Gasteiger charge is 2.33. The molecule has 1 aromatic rings. The minimum atomic E-state index is -4.30. The Hall–Kier alpha value is -1.07. The molecule has 102 valence electrons. The molecule has 5 heteroatoms. The second-order valence-corrected chi connectivity index (χ2v) is 4.76. The number of benzene rings is 1. The third kappa shape index (κ3) is 3.71. The molecular formula is C13H18F3NO. The first-order chi connectivity index (χ1) is 8.18. The predicted octanol–water partition coefficient (Wildman–Crippen LogP) is 2.66. The smallest absolute Gasteiger partial charge is 0.394 e. The fourth-order valence-corrected chi connectivity index (χ4v) is 1.63. The molecule has 0 saturated carbocycles. The molecule has 1 aromatic carbocycles. The first kappa shape index (κ1) is 15.0. The molecule has 0 saturated heterocycles. The molecule has 0 aliphatic heterocycles. The minimum absolute atomic E-state index is 0.397. The van der Waals surface area contributed by atoms with Gasteiger partial charge in [-0.2, -0.15) is 13.2 Å². The van der Waals surface area contributed by atoms with Gasteiger partial charge in [0, 0.05) is 0 Å². The maximum Gasteiger partial charge on any atom is 0.401 e. The number of aliphatic hydroxyl groups excluding tert-OH is 1. The molecule has 0 aliphatic rings. The van der Waals surface area contributed by atoms with Crippen molar-refractivity contribution in [2.75, 3.05) is 13.2 Å². The van der Waals surface area contributed by atoms with Gasteiger partial charge in [0.2, 0.25) is 0 Å². The Labute approximate surface area is 105 Å². The standard InChI is InChI=1S/C13H18F3NO/c1-9-4-5-11(6-10(9)2)12(3,8-18)17-7-13(14,15)16/h4-6,17-18H,7-8H2,1-3H3. The Balaban J connectivity index is 2.96. The Morgan fingerprint density at radius 2 is 1.78 bits per heavy atom. The van der Waals surface area contributed by atoms with E-state index in [-0.39, 0.29) is 0 Å². The van der Waals surface area contributed by atoms with E-state index < -0.39 is 24.9 Å². The maximum atomic E-state index is 12.2. The third-order valence-electron chi connectivity index (χ3n) is 3.14. The molecule has 2 N–H and O–H groups in total. The number of aliphatic hydroxyl groups is 1. The fraction of sp³-hybridized carbons (Fsp3) is 0.538. The van der Waals surface area contributed by atoms with Crippen LogP contribution in [-0.4, -0.2) is 24.4 Å². The number of aryl methyl sites for hydroxylation is 2. The third-order valence-corrected chi connectivity index (χ3v) is 3.14. The highest BCUT2D eigenvalue weighted by Crippen LogP contribution is 2.24. The van der Waals surface area contributed by atoms with E-state index in [1.54, 1.807) is 19.1 Å². The topological polar surface area (TPSA) is 32.3 Å². The summed E-state index contributed by atoms with van der Waals surface area (Å²) in [6.45, 7) is 3.85. The number of alkyl halides is 3. The van der Waals surface area contributed by atoms with Crippen LogP contribution in [0.25, 0.3) is 0 Å². The summed E-state index contributed by atoms with van der Waals surface area (Å²) in [5.41, 5.74) is 1.61. The molecule has 2 nitrogen and oxygen atoms in total. The van der Waals surface area contributed by atoms with Crippen molar-refractivity contribution in [1.82, 2.24) is 5.32 Å². The Kier molecular flexibility index (Phi) is 4.40. The normalized spacial score (nSPS) is 15.5. The van der Waals surface area contributed by atoms with Crippen molar-refractivity contribution in [3.8, 4) is 0 Å². The van der Waals surface area contributed by atoms with Crippen LogP contribution in [0.3, 0.4) is 0 Å². The quantitative estimate of drug-likeness (QED) is 0.873. The van der Waals surface area contributed by atoms with Crippen molar-refractivity contribution in [2.24, 2.45) is 0 Å². The molecule has 0 heterocycles. The summed E-state index contributed by atoms with van der Waals surface area (Å²) >= 11 is 0. The van der Waals surface area contributed by atoms with Gasteiger partial charge in [0.15, 0.2) is 0 Å². The van der Waals surface area contributed by atoms with E-state index in [4.69, 9.17) is 0 Å². The summed E-state index contributed by atoms with van der Waals surface area (Å²) in [6, 6.07) is 5.38. The SMILES string of the molecule is Cc1ccc(C(C)(CO)NCC(F)(F)F)cc1C. The second-order valence-electron chi connectivity index (χ2n) is 4.76. The number of halogens is 3. The molecule has 0 spiro atoms. The van der Waals surface area contributed by atoms with Crippen LogP contribution in [-0.2, 0) is 5.54 Å². The molecular weight excluding hydrogens is 243 g/mol. The van der Waals surface area contributed by atoms with Crippen LogP contribution < -0.4 is 5.32 Å². The highest BCUT2D eigenvalue weighted by molar-refractivity contribution is 5.34. The van der Waals surface area contributed by atoms with E-state index in [1.807, 2.05) is 19.9 Å². The Morgan fingerprint density at radius 1 is 1.17 bits per heavy atom. The van der Waals surface area contributed by atoms with Crippen LogP contribution in [0.2, 0.25) is 0 Å². The predicted molar refractivity (Wildman–Crippen MR) is 64.4 cm³/mol. The van der Waals surface area contributed by atoms with E-state index in [1.165, 1.54) is 0 Å². The Bertz CT molecular complexity index is 417. The largest absolute Gasteiger partial charge is 0.401 e. The lowest BCUT2D eigenvalue weighted by Gasteiger charge is -2.30. The van der Waals surface area contributed by atoms with E-state index in [0.29, 0.717) is 5.56 Å². The molecule has 0 bridgehead atoms. The van der Waals surface area contributed by atoms with Crippen LogP contribution in [0.5, 0.6) is 0 Å². The van der Waals surface area contributed by atoms with Gasteiger partial charge in [-0.3, -0.25) is 5.32 Å². The van der Waals surface area contributed by atoms with Gasteiger partial charge in [-0.15, -0.1) is 0 Å². The molecule has 1 atom stereocenters. The zero-order valence-electron chi connectivity index (χ0n) is 10.7. The summed E-state index contributed by atoms with van der Waals surface area (Å²) in [5, 5.41) is 11.7. The van der Waals surface area contributed by atoms with Crippen molar-refractivity contribution in [1.29, 1.82) is 0 Å². The van der Waals surface area contributed by atoms with Gasteiger partial charge in [-0.1, -0.05) is 18.2 Å². The highest BCUT2D eigenvalue weighted by atomic mass is 19.4. The van der Waals surface area contributed by atoms with E-state index >= 15 is 0 Å². The molecule has 0 radical (unpaired) electrons. The number of hydrogen-bond acceptors (Lipinski definition) is 2. The van der Waals surface area contributed by atoms with E-state index in [9.17, 15) is 18.3 Å².